The van der Waals surface area contributed by atoms with Crippen molar-refractivity contribution in [2.45, 2.75) is 31.6 Å². The molecule has 0 aliphatic heterocycles. The van der Waals surface area contributed by atoms with Gasteiger partial charge in [0.05, 0.1) is 4.99 Å². The molecule has 0 fully saturated rings. The molecule has 1 unspecified atom stereocenters. The molecular weight excluding hydrogens is 272 g/mol. The van der Waals surface area contributed by atoms with E-state index in [1.165, 1.54) is 0 Å². The van der Waals surface area contributed by atoms with Gasteiger partial charge in [0.25, 0.3) is 0 Å². The van der Waals surface area contributed by atoms with Crippen molar-refractivity contribution < 1.29 is 8.42 Å². The van der Waals surface area contributed by atoms with Crippen LogP contribution in [0, 0.1) is 0 Å². The molecule has 1 aromatic heterocycles. The van der Waals surface area contributed by atoms with E-state index in [1.54, 1.807) is 17.8 Å². The third-order valence-electron chi connectivity index (χ3n) is 2.49. The van der Waals surface area contributed by atoms with Crippen molar-refractivity contribution >= 4 is 27.2 Å². The van der Waals surface area contributed by atoms with E-state index in [0.717, 1.165) is 0 Å². The molecule has 0 radical (unpaired) electrons. The summed E-state index contributed by atoms with van der Waals surface area (Å²) in [5.41, 5.74) is 5.41. The minimum absolute atomic E-state index is 0.0112. The van der Waals surface area contributed by atoms with E-state index in [1.807, 2.05) is 12.3 Å². The molecule has 0 saturated heterocycles. The fraction of sp³-hybridized carbons (Fsp3) is 0.600. The Labute approximate surface area is 113 Å². The molecule has 1 heterocycles. The highest BCUT2D eigenvalue weighted by Crippen LogP contribution is 2.04. The summed E-state index contributed by atoms with van der Waals surface area (Å²) < 4.78 is 28.0. The van der Waals surface area contributed by atoms with Gasteiger partial charge in [-0.3, -0.25) is 4.68 Å². The van der Waals surface area contributed by atoms with Crippen molar-refractivity contribution in [3.63, 3.8) is 0 Å². The van der Waals surface area contributed by atoms with E-state index in [9.17, 15) is 8.42 Å². The van der Waals surface area contributed by atoms with Crippen molar-refractivity contribution in [3.05, 3.63) is 18.5 Å². The Hall–Kier alpha value is -0.990. The number of aromatic nitrogens is 2. The fourth-order valence-electron chi connectivity index (χ4n) is 1.56. The van der Waals surface area contributed by atoms with Gasteiger partial charge in [0.15, 0.2) is 0 Å². The molecule has 0 bridgehead atoms. The highest BCUT2D eigenvalue weighted by Gasteiger charge is 2.25. The van der Waals surface area contributed by atoms with Gasteiger partial charge in [-0.05, 0) is 18.9 Å². The maximum absolute atomic E-state index is 11.9. The molecule has 102 valence electrons. The molecule has 0 aromatic carbocycles. The smallest absolute Gasteiger partial charge is 0.221 e. The molecule has 0 amide bonds. The largest absolute Gasteiger partial charge is 0.392 e. The first-order valence-corrected chi connectivity index (χ1v) is 7.68. The minimum atomic E-state index is -3.46. The zero-order valence-corrected chi connectivity index (χ0v) is 11.9. The summed E-state index contributed by atoms with van der Waals surface area (Å²) in [5.74, 6) is 0. The van der Waals surface area contributed by atoms with Gasteiger partial charge in [0.1, 0.15) is 5.25 Å². The number of nitrogens with two attached hydrogens (primary N) is 1. The summed E-state index contributed by atoms with van der Waals surface area (Å²) in [5, 5.41) is 3.23. The molecule has 0 aliphatic rings. The molecule has 1 atom stereocenters. The number of hydrogen-bond acceptors (Lipinski definition) is 4. The number of sulfonamides is 1. The van der Waals surface area contributed by atoms with Gasteiger partial charge >= 0.3 is 0 Å². The van der Waals surface area contributed by atoms with Crippen LogP contribution in [0.25, 0.3) is 0 Å². The lowest BCUT2D eigenvalue weighted by Gasteiger charge is -2.15. The Morgan fingerprint density at radius 1 is 1.61 bits per heavy atom. The van der Waals surface area contributed by atoms with Crippen LogP contribution in [0.2, 0.25) is 0 Å². The minimum Gasteiger partial charge on any atom is -0.392 e. The lowest BCUT2D eigenvalue weighted by molar-refractivity contribution is 0.549. The molecule has 0 spiro atoms. The van der Waals surface area contributed by atoms with Crippen molar-refractivity contribution in [3.8, 4) is 0 Å². The van der Waals surface area contributed by atoms with Crippen LogP contribution in [0.3, 0.4) is 0 Å². The highest BCUT2D eigenvalue weighted by molar-refractivity contribution is 7.93. The van der Waals surface area contributed by atoms with E-state index < -0.39 is 15.3 Å². The second-order valence-corrected chi connectivity index (χ2v) is 6.28. The summed E-state index contributed by atoms with van der Waals surface area (Å²) in [6.45, 7) is 2.76. The average Bonchev–Trinajstić information content (AvgIpc) is 2.77. The number of hydrogen-bond donors (Lipinski definition) is 2. The molecule has 8 heteroatoms. The summed E-state index contributed by atoms with van der Waals surface area (Å²) in [6, 6.07) is 1.82. The Balaban J connectivity index is 2.39. The number of thiocarbonyl (C=S) groups is 1. The van der Waals surface area contributed by atoms with Gasteiger partial charge in [-0.1, -0.05) is 19.1 Å². The van der Waals surface area contributed by atoms with Crippen LogP contribution in [-0.4, -0.2) is 35.0 Å². The molecule has 6 nitrogen and oxygen atoms in total. The normalized spacial score (nSPS) is 13.4. The second-order valence-electron chi connectivity index (χ2n) is 3.86. The molecule has 0 aliphatic carbocycles. The van der Waals surface area contributed by atoms with Crippen molar-refractivity contribution in [2.24, 2.45) is 5.73 Å². The van der Waals surface area contributed by atoms with Crippen LogP contribution in [0.5, 0.6) is 0 Å². The van der Waals surface area contributed by atoms with Gasteiger partial charge in [-0.15, -0.1) is 0 Å². The van der Waals surface area contributed by atoms with Crippen LogP contribution < -0.4 is 10.5 Å². The standard InChI is InChI=1S/C10H18N4O2S2/c1-2-9(10(11)17)18(15,16)13-6-4-8-14-7-3-5-12-14/h3,5,7,9,13H,2,4,6,8H2,1H3,(H2,11,17). The predicted molar refractivity (Wildman–Crippen MR) is 74.6 cm³/mol. The molecule has 18 heavy (non-hydrogen) atoms. The van der Waals surface area contributed by atoms with Gasteiger partial charge in [-0.25, -0.2) is 13.1 Å². The van der Waals surface area contributed by atoms with E-state index in [0.29, 0.717) is 25.9 Å². The molecule has 3 N–H and O–H groups in total. The molecule has 1 rings (SSSR count). The highest BCUT2D eigenvalue weighted by atomic mass is 32.2. The van der Waals surface area contributed by atoms with E-state index in [2.05, 4.69) is 9.82 Å². The second kappa shape index (κ2) is 6.81. The number of aryl methyl sites for hydroxylation is 1. The van der Waals surface area contributed by atoms with E-state index in [4.69, 9.17) is 18.0 Å². The van der Waals surface area contributed by atoms with Gasteiger partial charge in [0.2, 0.25) is 10.0 Å². The lowest BCUT2D eigenvalue weighted by Crippen LogP contribution is -2.42. The van der Waals surface area contributed by atoms with Crippen molar-refractivity contribution in [2.75, 3.05) is 6.54 Å². The zero-order valence-electron chi connectivity index (χ0n) is 10.2. The van der Waals surface area contributed by atoms with Gasteiger partial charge in [0, 0.05) is 25.5 Å². The number of rotatable bonds is 8. The van der Waals surface area contributed by atoms with Crippen LogP contribution in [0.4, 0.5) is 0 Å². The summed E-state index contributed by atoms with van der Waals surface area (Å²) in [6.07, 6.45) is 4.56. The first-order valence-electron chi connectivity index (χ1n) is 5.72. The van der Waals surface area contributed by atoms with Crippen LogP contribution in [-0.2, 0) is 16.6 Å². The summed E-state index contributed by atoms with van der Waals surface area (Å²) in [4.78, 5) is 0.0112. The van der Waals surface area contributed by atoms with Gasteiger partial charge in [-0.2, -0.15) is 5.10 Å². The number of nitrogens with one attached hydrogen (secondary N) is 1. The van der Waals surface area contributed by atoms with Crippen LogP contribution in [0.1, 0.15) is 19.8 Å². The first kappa shape index (κ1) is 15.1. The Bertz CT molecular complexity index is 470. The monoisotopic (exact) mass is 290 g/mol. The van der Waals surface area contributed by atoms with Crippen LogP contribution >= 0.6 is 12.2 Å². The Morgan fingerprint density at radius 3 is 2.83 bits per heavy atom. The third-order valence-corrected chi connectivity index (χ3v) is 4.87. The number of nitrogens with zero attached hydrogens (tertiary/aromatic N) is 2. The lowest BCUT2D eigenvalue weighted by atomic mass is 10.3. The van der Waals surface area contributed by atoms with E-state index >= 15 is 0 Å². The maximum Gasteiger partial charge on any atom is 0.221 e. The molecule has 0 saturated carbocycles. The van der Waals surface area contributed by atoms with E-state index in [-0.39, 0.29) is 4.99 Å². The summed E-state index contributed by atoms with van der Waals surface area (Å²) >= 11 is 4.75. The Morgan fingerprint density at radius 2 is 2.33 bits per heavy atom. The average molecular weight is 290 g/mol. The van der Waals surface area contributed by atoms with Crippen molar-refractivity contribution in [1.29, 1.82) is 0 Å². The topological polar surface area (TPSA) is 90.0 Å². The Kier molecular flexibility index (Phi) is 5.70. The third kappa shape index (κ3) is 4.35. The quantitative estimate of drug-likeness (QED) is 0.529. The first-order chi connectivity index (χ1) is 8.47. The zero-order chi connectivity index (χ0) is 13.6. The van der Waals surface area contributed by atoms with Gasteiger partial charge < -0.3 is 5.73 Å². The molecule has 1 aromatic rings. The SMILES string of the molecule is CCC(C(N)=S)S(=O)(=O)NCCCn1cccn1. The fourth-order valence-corrected chi connectivity index (χ4v) is 3.48. The summed E-state index contributed by atoms with van der Waals surface area (Å²) in [7, 11) is -3.46. The maximum atomic E-state index is 11.9. The predicted octanol–water partition coefficient (Wildman–Crippen LogP) is 0.257. The van der Waals surface area contributed by atoms with Crippen molar-refractivity contribution in [1.82, 2.24) is 14.5 Å². The van der Waals surface area contributed by atoms with Crippen LogP contribution in [0.15, 0.2) is 18.5 Å². The molecular formula is C10H18N4O2S2.